The zero-order valence-electron chi connectivity index (χ0n) is 29.1. The second-order valence-electron chi connectivity index (χ2n) is 11.9. The summed E-state index contributed by atoms with van der Waals surface area (Å²) in [5.41, 5.74) is 0. The van der Waals surface area contributed by atoms with Crippen molar-refractivity contribution >= 4 is 11.9 Å². The lowest BCUT2D eigenvalue weighted by molar-refractivity contribution is -0.161. The highest BCUT2D eigenvalue weighted by Crippen LogP contribution is 2.11. The van der Waals surface area contributed by atoms with Gasteiger partial charge < -0.3 is 14.6 Å². The molecule has 0 unspecified atom stereocenters. The monoisotopic (exact) mass is 629 g/mol. The van der Waals surface area contributed by atoms with Crippen molar-refractivity contribution in [2.24, 2.45) is 0 Å². The van der Waals surface area contributed by atoms with E-state index in [4.69, 9.17) is 9.47 Å². The number of rotatable bonds is 32. The number of ether oxygens (including phenoxy) is 2. The number of hydrogen-bond acceptors (Lipinski definition) is 5. The number of carbonyl (C=O) groups excluding carboxylic acids is 2. The minimum atomic E-state index is -0.798. The van der Waals surface area contributed by atoms with E-state index in [2.05, 4.69) is 74.6 Å². The molecule has 0 aromatic rings. The lowest BCUT2D eigenvalue weighted by Gasteiger charge is -2.15. The molecule has 0 amide bonds. The summed E-state index contributed by atoms with van der Waals surface area (Å²) in [5, 5.41) is 9.52. The standard InChI is InChI=1S/C40H68O5/c1-3-5-7-9-11-13-15-17-19-20-21-23-24-26-28-30-32-34-39(42)44-37-38(36-41)45-40(43)35-33-31-29-27-25-22-18-16-14-12-10-8-6-4-2/h11,13,16-19,21,23,26,28,38,41H,3-10,12,14-15,20,22,24-25,27,29-37H2,1-2H3/b13-11+,18-16+,19-17+,23-21+,28-26+/t38-/m0/s1. The summed E-state index contributed by atoms with van der Waals surface area (Å²) in [5.74, 6) is -0.672. The summed E-state index contributed by atoms with van der Waals surface area (Å²) in [7, 11) is 0. The largest absolute Gasteiger partial charge is 0.462 e. The first kappa shape index (κ1) is 42.6. The molecule has 0 saturated heterocycles. The Bertz CT molecular complexity index is 808. The molecule has 0 saturated carbocycles. The van der Waals surface area contributed by atoms with Gasteiger partial charge in [-0.1, -0.05) is 132 Å². The number of unbranched alkanes of at least 4 members (excludes halogenated alkanes) is 14. The van der Waals surface area contributed by atoms with Crippen molar-refractivity contribution in [2.75, 3.05) is 13.2 Å². The van der Waals surface area contributed by atoms with Gasteiger partial charge in [0.1, 0.15) is 6.61 Å². The number of aliphatic hydroxyl groups excluding tert-OH is 1. The highest BCUT2D eigenvalue weighted by atomic mass is 16.6. The molecule has 0 aliphatic heterocycles. The van der Waals surface area contributed by atoms with Crippen LogP contribution in [0.2, 0.25) is 0 Å². The molecule has 0 spiro atoms. The van der Waals surface area contributed by atoms with Gasteiger partial charge in [0.2, 0.25) is 0 Å². The predicted octanol–water partition coefficient (Wildman–Crippen LogP) is 11.2. The Balaban J connectivity index is 3.71. The van der Waals surface area contributed by atoms with Gasteiger partial charge >= 0.3 is 11.9 Å². The van der Waals surface area contributed by atoms with Crippen molar-refractivity contribution in [3.05, 3.63) is 60.8 Å². The average molecular weight is 629 g/mol. The van der Waals surface area contributed by atoms with Gasteiger partial charge in [0.25, 0.3) is 0 Å². The molecular weight excluding hydrogens is 560 g/mol. The molecule has 0 fully saturated rings. The molecule has 1 N–H and O–H groups in total. The summed E-state index contributed by atoms with van der Waals surface area (Å²) in [6.45, 7) is 4.03. The van der Waals surface area contributed by atoms with Crippen LogP contribution in [0.5, 0.6) is 0 Å². The molecule has 0 radical (unpaired) electrons. The van der Waals surface area contributed by atoms with Gasteiger partial charge in [0, 0.05) is 12.8 Å². The summed E-state index contributed by atoms with van der Waals surface area (Å²) >= 11 is 0. The molecule has 0 heterocycles. The summed E-state index contributed by atoms with van der Waals surface area (Å²) in [6, 6.07) is 0. The Hall–Kier alpha value is -2.40. The van der Waals surface area contributed by atoms with E-state index < -0.39 is 6.10 Å². The summed E-state index contributed by atoms with van der Waals surface area (Å²) in [6.07, 6.45) is 45.6. The first-order chi connectivity index (χ1) is 22.1. The fraction of sp³-hybridized carbons (Fsp3) is 0.700. The highest BCUT2D eigenvalue weighted by molar-refractivity contribution is 5.70. The van der Waals surface area contributed by atoms with Gasteiger partial charge in [-0.3, -0.25) is 9.59 Å². The van der Waals surface area contributed by atoms with Crippen LogP contribution < -0.4 is 0 Å². The normalized spacial score (nSPS) is 12.9. The number of hydrogen-bond donors (Lipinski definition) is 1. The maximum atomic E-state index is 12.1. The third-order valence-electron chi connectivity index (χ3n) is 7.53. The molecule has 5 nitrogen and oxygen atoms in total. The van der Waals surface area contributed by atoms with E-state index >= 15 is 0 Å². The van der Waals surface area contributed by atoms with Crippen molar-refractivity contribution in [3.63, 3.8) is 0 Å². The van der Waals surface area contributed by atoms with Crippen LogP contribution in [0.3, 0.4) is 0 Å². The van der Waals surface area contributed by atoms with Gasteiger partial charge in [-0.05, 0) is 77.0 Å². The maximum Gasteiger partial charge on any atom is 0.306 e. The summed E-state index contributed by atoms with van der Waals surface area (Å²) in [4.78, 5) is 24.2. The smallest absolute Gasteiger partial charge is 0.306 e. The van der Waals surface area contributed by atoms with Crippen molar-refractivity contribution < 1.29 is 24.2 Å². The fourth-order valence-electron chi connectivity index (χ4n) is 4.72. The molecule has 0 aromatic heterocycles. The third-order valence-corrected chi connectivity index (χ3v) is 7.53. The zero-order chi connectivity index (χ0) is 32.9. The first-order valence-corrected chi connectivity index (χ1v) is 18.3. The van der Waals surface area contributed by atoms with Crippen LogP contribution in [0.25, 0.3) is 0 Å². The van der Waals surface area contributed by atoms with E-state index in [0.717, 1.165) is 51.4 Å². The molecule has 45 heavy (non-hydrogen) atoms. The highest BCUT2D eigenvalue weighted by Gasteiger charge is 2.15. The van der Waals surface area contributed by atoms with Crippen LogP contribution in [0.1, 0.15) is 162 Å². The molecule has 258 valence electrons. The minimum Gasteiger partial charge on any atom is -0.462 e. The van der Waals surface area contributed by atoms with Crippen LogP contribution in [0.4, 0.5) is 0 Å². The molecule has 5 heteroatoms. The van der Waals surface area contributed by atoms with Gasteiger partial charge in [0.15, 0.2) is 6.10 Å². The predicted molar refractivity (Wildman–Crippen MR) is 191 cm³/mol. The van der Waals surface area contributed by atoms with Gasteiger partial charge in [0.05, 0.1) is 6.61 Å². The second-order valence-corrected chi connectivity index (χ2v) is 11.9. The lowest BCUT2D eigenvalue weighted by Crippen LogP contribution is -2.28. The molecule has 0 rings (SSSR count). The van der Waals surface area contributed by atoms with Crippen LogP contribution in [-0.4, -0.2) is 36.4 Å². The Morgan fingerprint density at radius 3 is 1.47 bits per heavy atom. The second kappa shape index (κ2) is 36.1. The van der Waals surface area contributed by atoms with Crippen molar-refractivity contribution in [1.82, 2.24) is 0 Å². The van der Waals surface area contributed by atoms with Gasteiger partial charge in [-0.25, -0.2) is 0 Å². The number of carbonyl (C=O) groups is 2. The molecule has 0 aliphatic carbocycles. The SMILES string of the molecule is CCCCC/C=C/C/C=C/C/C=C/C/C=C/CCCC(=O)OC[C@H](CO)OC(=O)CCCCCCC/C=C/CCCCCCC. The van der Waals surface area contributed by atoms with Crippen molar-refractivity contribution in [3.8, 4) is 0 Å². The van der Waals surface area contributed by atoms with E-state index in [0.29, 0.717) is 19.3 Å². The first-order valence-electron chi connectivity index (χ1n) is 18.3. The molecule has 0 bridgehead atoms. The van der Waals surface area contributed by atoms with Crippen molar-refractivity contribution in [2.45, 2.75) is 168 Å². The number of allylic oxidation sites excluding steroid dienone is 10. The molecule has 0 aromatic carbocycles. The average Bonchev–Trinajstić information content (AvgIpc) is 3.04. The number of aliphatic hydroxyl groups is 1. The van der Waals surface area contributed by atoms with Crippen LogP contribution in [0, 0.1) is 0 Å². The lowest BCUT2D eigenvalue weighted by atomic mass is 10.1. The van der Waals surface area contributed by atoms with E-state index in [1.165, 1.54) is 77.0 Å². The third kappa shape index (κ3) is 34.3. The maximum absolute atomic E-state index is 12.1. The topological polar surface area (TPSA) is 72.8 Å². The molecule has 0 aliphatic rings. The van der Waals surface area contributed by atoms with Crippen LogP contribution >= 0.6 is 0 Å². The van der Waals surface area contributed by atoms with Crippen LogP contribution in [0.15, 0.2) is 60.8 Å². The fourth-order valence-corrected chi connectivity index (χ4v) is 4.72. The molecule has 1 atom stereocenters. The van der Waals surface area contributed by atoms with E-state index in [1.807, 2.05) is 0 Å². The Kier molecular flexibility index (Phi) is 34.1. The van der Waals surface area contributed by atoms with Crippen LogP contribution in [-0.2, 0) is 19.1 Å². The van der Waals surface area contributed by atoms with Crippen molar-refractivity contribution in [1.29, 1.82) is 0 Å². The van der Waals surface area contributed by atoms with E-state index in [-0.39, 0.29) is 25.2 Å². The zero-order valence-corrected chi connectivity index (χ0v) is 29.1. The molecular formula is C40H68O5. The van der Waals surface area contributed by atoms with Gasteiger partial charge in [-0.2, -0.15) is 0 Å². The van der Waals surface area contributed by atoms with E-state index in [1.54, 1.807) is 0 Å². The Morgan fingerprint density at radius 2 is 0.911 bits per heavy atom. The Labute approximate surface area is 277 Å². The Morgan fingerprint density at radius 1 is 0.511 bits per heavy atom. The van der Waals surface area contributed by atoms with Gasteiger partial charge in [-0.15, -0.1) is 0 Å². The minimum absolute atomic E-state index is 0.0995. The number of esters is 2. The summed E-state index contributed by atoms with van der Waals surface area (Å²) < 4.78 is 10.5. The van der Waals surface area contributed by atoms with E-state index in [9.17, 15) is 14.7 Å². The quantitative estimate of drug-likeness (QED) is 0.0456.